The van der Waals surface area contributed by atoms with Crippen LogP contribution in [0.5, 0.6) is 5.75 Å². The van der Waals surface area contributed by atoms with Crippen molar-refractivity contribution >= 4 is 12.6 Å². The standard InChI is InChI=1S/C11H11BF3N2O.K/c1-17-11(12(13,14)15)7-9(16-17)8-5-3-4-6-10(8)18-2;/h3-7H,1-2H3;/q-1;+1. The van der Waals surface area contributed by atoms with Gasteiger partial charge in [-0.25, -0.2) is 0 Å². The Bertz CT molecular complexity index is 571. The minimum Gasteiger partial charge on any atom is -0.496 e. The summed E-state index contributed by atoms with van der Waals surface area (Å²) in [5.41, 5.74) is 0.0713. The average Bonchev–Trinajstić information content (AvgIpc) is 2.71. The first-order valence-electron chi connectivity index (χ1n) is 5.30. The van der Waals surface area contributed by atoms with E-state index < -0.39 is 12.6 Å². The average molecular weight is 294 g/mol. The Morgan fingerprint density at radius 3 is 2.37 bits per heavy atom. The summed E-state index contributed by atoms with van der Waals surface area (Å²) in [6.07, 6.45) is 0. The van der Waals surface area contributed by atoms with Gasteiger partial charge in [-0.2, -0.15) is 5.10 Å². The van der Waals surface area contributed by atoms with Crippen LogP contribution in [0.2, 0.25) is 0 Å². The van der Waals surface area contributed by atoms with E-state index in [1.165, 1.54) is 14.2 Å². The number of halogens is 3. The number of benzene rings is 1. The molecule has 0 saturated heterocycles. The van der Waals surface area contributed by atoms with E-state index in [0.717, 1.165) is 10.7 Å². The molecular weight excluding hydrogens is 283 g/mol. The SMILES string of the molecule is COc1ccccc1-c1cc([B-](F)(F)F)n(C)n1.[K+]. The van der Waals surface area contributed by atoms with Crippen LogP contribution in [0.25, 0.3) is 11.3 Å². The Balaban J connectivity index is 0.00000180. The quantitative estimate of drug-likeness (QED) is 0.690. The molecule has 3 nitrogen and oxygen atoms in total. The van der Waals surface area contributed by atoms with Gasteiger partial charge in [0.15, 0.2) is 0 Å². The van der Waals surface area contributed by atoms with Crippen molar-refractivity contribution < 1.29 is 69.1 Å². The molecule has 1 aromatic heterocycles. The summed E-state index contributed by atoms with van der Waals surface area (Å²) >= 11 is 0. The molecule has 0 amide bonds. The van der Waals surface area contributed by atoms with E-state index in [1.54, 1.807) is 24.3 Å². The molecule has 0 bridgehead atoms. The number of aromatic nitrogens is 2. The van der Waals surface area contributed by atoms with Gasteiger partial charge < -0.3 is 22.4 Å². The fraction of sp³-hybridized carbons (Fsp3) is 0.182. The van der Waals surface area contributed by atoms with E-state index in [2.05, 4.69) is 5.10 Å². The van der Waals surface area contributed by atoms with Crippen molar-refractivity contribution in [2.24, 2.45) is 7.05 Å². The number of rotatable bonds is 3. The van der Waals surface area contributed by atoms with E-state index >= 15 is 0 Å². The number of aryl methyl sites for hydroxylation is 1. The third kappa shape index (κ3) is 3.63. The second kappa shape index (κ2) is 6.45. The van der Waals surface area contributed by atoms with Crippen molar-refractivity contribution in [3.63, 3.8) is 0 Å². The summed E-state index contributed by atoms with van der Waals surface area (Å²) in [7, 11) is 2.75. The van der Waals surface area contributed by atoms with Gasteiger partial charge in [0.25, 0.3) is 0 Å². The molecule has 8 heteroatoms. The van der Waals surface area contributed by atoms with Crippen LogP contribution >= 0.6 is 0 Å². The van der Waals surface area contributed by atoms with E-state index in [-0.39, 0.29) is 57.1 Å². The molecule has 19 heavy (non-hydrogen) atoms. The number of hydrogen-bond acceptors (Lipinski definition) is 2. The smallest absolute Gasteiger partial charge is 0.496 e. The molecule has 1 heterocycles. The van der Waals surface area contributed by atoms with Crippen LogP contribution in [0.15, 0.2) is 30.3 Å². The number of methoxy groups -OCH3 is 1. The van der Waals surface area contributed by atoms with Crippen LogP contribution in [0.1, 0.15) is 0 Å². The van der Waals surface area contributed by atoms with Gasteiger partial charge in [-0.05, 0) is 23.8 Å². The van der Waals surface area contributed by atoms with Gasteiger partial charge in [-0.1, -0.05) is 12.1 Å². The molecule has 0 unspecified atom stereocenters. The summed E-state index contributed by atoms with van der Waals surface area (Å²) in [4.78, 5) is 0. The number of nitrogens with zero attached hydrogens (tertiary/aromatic N) is 2. The molecule has 0 radical (unpaired) electrons. The number of ether oxygens (including phenoxy) is 1. The van der Waals surface area contributed by atoms with Gasteiger partial charge in [0.1, 0.15) is 5.75 Å². The van der Waals surface area contributed by atoms with Crippen LogP contribution in [-0.4, -0.2) is 23.9 Å². The zero-order chi connectivity index (χ0) is 13.3. The van der Waals surface area contributed by atoms with Crippen molar-refractivity contribution in [3.8, 4) is 17.0 Å². The van der Waals surface area contributed by atoms with E-state index in [9.17, 15) is 12.9 Å². The number of hydrogen-bond donors (Lipinski definition) is 0. The van der Waals surface area contributed by atoms with Gasteiger partial charge in [0.2, 0.25) is 0 Å². The first kappa shape index (κ1) is 16.8. The van der Waals surface area contributed by atoms with Gasteiger partial charge >= 0.3 is 58.4 Å². The molecule has 0 aliphatic carbocycles. The minimum absolute atomic E-state index is 0. The maximum Gasteiger partial charge on any atom is 1.00 e. The summed E-state index contributed by atoms with van der Waals surface area (Å²) < 4.78 is 44.1. The van der Waals surface area contributed by atoms with Crippen LogP contribution in [0.4, 0.5) is 12.9 Å². The summed E-state index contributed by atoms with van der Waals surface area (Å²) in [5, 5.41) is 3.89. The molecule has 0 atom stereocenters. The molecule has 2 rings (SSSR count). The predicted octanol–water partition coefficient (Wildman–Crippen LogP) is -0.846. The van der Waals surface area contributed by atoms with Gasteiger partial charge in [0.05, 0.1) is 12.8 Å². The van der Waals surface area contributed by atoms with Crippen LogP contribution in [0.3, 0.4) is 0 Å². The van der Waals surface area contributed by atoms with Crippen molar-refractivity contribution in [1.82, 2.24) is 9.78 Å². The summed E-state index contributed by atoms with van der Waals surface area (Å²) in [6.45, 7) is -5.06. The first-order chi connectivity index (χ1) is 8.43. The molecular formula is C11H11BF3KN2O. The Kier molecular flexibility index (Phi) is 5.69. The first-order valence-corrected chi connectivity index (χ1v) is 5.30. The predicted molar refractivity (Wildman–Crippen MR) is 63.9 cm³/mol. The molecule has 96 valence electrons. The largest absolute Gasteiger partial charge is 1.00 e. The fourth-order valence-corrected chi connectivity index (χ4v) is 1.78. The molecule has 2 aromatic rings. The van der Waals surface area contributed by atoms with E-state index in [1.807, 2.05) is 0 Å². The van der Waals surface area contributed by atoms with Crippen molar-refractivity contribution in [3.05, 3.63) is 30.3 Å². The molecule has 0 fully saturated rings. The van der Waals surface area contributed by atoms with Gasteiger partial charge in [-0.3, -0.25) is 0 Å². The van der Waals surface area contributed by atoms with Gasteiger partial charge in [0, 0.05) is 12.6 Å². The van der Waals surface area contributed by atoms with Crippen LogP contribution in [0, 0.1) is 0 Å². The Morgan fingerprint density at radius 1 is 1.21 bits per heavy atom. The zero-order valence-corrected chi connectivity index (χ0v) is 14.0. The molecule has 0 spiro atoms. The Hall–Kier alpha value is -0.279. The second-order valence-electron chi connectivity index (χ2n) is 3.85. The van der Waals surface area contributed by atoms with E-state index in [0.29, 0.717) is 11.3 Å². The number of para-hydroxylation sites is 1. The monoisotopic (exact) mass is 294 g/mol. The Labute approximate surface area is 151 Å². The zero-order valence-electron chi connectivity index (χ0n) is 10.9. The molecule has 0 saturated carbocycles. The second-order valence-corrected chi connectivity index (χ2v) is 3.85. The summed E-state index contributed by atoms with van der Waals surface area (Å²) in [6, 6.07) is 7.87. The third-order valence-corrected chi connectivity index (χ3v) is 2.63. The Morgan fingerprint density at radius 2 is 1.84 bits per heavy atom. The minimum atomic E-state index is -5.06. The van der Waals surface area contributed by atoms with Crippen LogP contribution < -0.4 is 61.7 Å². The van der Waals surface area contributed by atoms with Crippen LogP contribution in [-0.2, 0) is 7.05 Å². The maximum atomic E-state index is 12.7. The normalized spacial score (nSPS) is 11.0. The fourth-order valence-electron chi connectivity index (χ4n) is 1.78. The van der Waals surface area contributed by atoms with Crippen molar-refractivity contribution in [1.29, 1.82) is 0 Å². The molecule has 1 aromatic carbocycles. The summed E-state index contributed by atoms with van der Waals surface area (Å²) in [5.74, 6) is 0.497. The molecule has 0 aliphatic rings. The molecule has 0 N–H and O–H groups in total. The topological polar surface area (TPSA) is 27.1 Å². The van der Waals surface area contributed by atoms with Gasteiger partial charge in [-0.15, -0.1) is 0 Å². The van der Waals surface area contributed by atoms with Crippen molar-refractivity contribution in [2.45, 2.75) is 0 Å². The van der Waals surface area contributed by atoms with Crippen molar-refractivity contribution in [2.75, 3.05) is 7.11 Å². The molecule has 0 aliphatic heterocycles. The third-order valence-electron chi connectivity index (χ3n) is 2.63. The maximum absolute atomic E-state index is 12.7. The van der Waals surface area contributed by atoms with E-state index in [4.69, 9.17) is 4.74 Å².